The van der Waals surface area contributed by atoms with E-state index in [0.29, 0.717) is 11.2 Å². The van der Waals surface area contributed by atoms with Gasteiger partial charge in [-0.25, -0.2) is 9.48 Å². The minimum absolute atomic E-state index is 0.0892. The molecule has 2 rings (SSSR count). The first-order chi connectivity index (χ1) is 9.77. The largest absolute Gasteiger partial charge is 0.461 e. The molecular weight excluding hydrogens is 293 g/mol. The standard InChI is InChI=1S/C11H13F3N4O3/c1-3-21-10(20)7-8(11(12,13)14)18(16-15-7)6-4-5-17(2)9(6)19/h6H,3-5H2,1-2H3. The van der Waals surface area contributed by atoms with Gasteiger partial charge >= 0.3 is 12.1 Å². The zero-order valence-electron chi connectivity index (χ0n) is 11.3. The molecule has 0 aliphatic carbocycles. The molecule has 0 aromatic carbocycles. The predicted octanol–water partition coefficient (Wildman–Crippen LogP) is 0.877. The maximum absolute atomic E-state index is 13.2. The number of carbonyl (C=O) groups excluding carboxylic acids is 2. The van der Waals surface area contributed by atoms with E-state index in [1.807, 2.05) is 0 Å². The molecule has 7 nitrogen and oxygen atoms in total. The molecule has 1 saturated heterocycles. The van der Waals surface area contributed by atoms with Gasteiger partial charge in [0.2, 0.25) is 11.6 Å². The number of likely N-dealkylation sites (N-methyl/N-ethyl adjacent to an activating group) is 1. The Morgan fingerprint density at radius 2 is 2.14 bits per heavy atom. The number of hydrogen-bond acceptors (Lipinski definition) is 5. The first-order valence-corrected chi connectivity index (χ1v) is 6.21. The van der Waals surface area contributed by atoms with Gasteiger partial charge in [0, 0.05) is 13.6 Å². The van der Waals surface area contributed by atoms with Crippen molar-refractivity contribution in [2.75, 3.05) is 20.2 Å². The van der Waals surface area contributed by atoms with Crippen LogP contribution in [0.5, 0.6) is 0 Å². The molecule has 1 aromatic rings. The van der Waals surface area contributed by atoms with Gasteiger partial charge in [-0.2, -0.15) is 13.2 Å². The second-order valence-corrected chi connectivity index (χ2v) is 4.51. The molecular formula is C11H13F3N4O3. The Balaban J connectivity index is 2.48. The number of amides is 1. The molecule has 0 spiro atoms. The van der Waals surface area contributed by atoms with Crippen molar-refractivity contribution < 1.29 is 27.5 Å². The van der Waals surface area contributed by atoms with E-state index in [4.69, 9.17) is 0 Å². The third-order valence-electron chi connectivity index (χ3n) is 3.13. The van der Waals surface area contributed by atoms with Gasteiger partial charge in [-0.1, -0.05) is 5.21 Å². The average molecular weight is 306 g/mol. The minimum Gasteiger partial charge on any atom is -0.461 e. The molecule has 1 atom stereocenters. The molecule has 0 N–H and O–H groups in total. The molecule has 21 heavy (non-hydrogen) atoms. The number of rotatable bonds is 3. The highest BCUT2D eigenvalue weighted by atomic mass is 19.4. The average Bonchev–Trinajstić information content (AvgIpc) is 2.95. The zero-order chi connectivity index (χ0) is 15.8. The van der Waals surface area contributed by atoms with Crippen molar-refractivity contribution in [2.24, 2.45) is 0 Å². The summed E-state index contributed by atoms with van der Waals surface area (Å²) in [6.07, 6.45) is -4.70. The van der Waals surface area contributed by atoms with Gasteiger partial charge in [0.05, 0.1) is 6.61 Å². The zero-order valence-corrected chi connectivity index (χ0v) is 11.3. The van der Waals surface area contributed by atoms with Crippen molar-refractivity contribution in [1.82, 2.24) is 19.9 Å². The molecule has 0 saturated carbocycles. The molecule has 1 aromatic heterocycles. The number of aromatic nitrogens is 3. The molecule has 1 amide bonds. The summed E-state index contributed by atoms with van der Waals surface area (Å²) < 4.78 is 44.6. The van der Waals surface area contributed by atoms with E-state index < -0.39 is 35.5 Å². The van der Waals surface area contributed by atoms with Gasteiger partial charge in [0.25, 0.3) is 0 Å². The van der Waals surface area contributed by atoms with Crippen molar-refractivity contribution in [3.05, 3.63) is 11.4 Å². The lowest BCUT2D eigenvalue weighted by Crippen LogP contribution is -2.28. The van der Waals surface area contributed by atoms with Crippen LogP contribution < -0.4 is 0 Å². The highest BCUT2D eigenvalue weighted by Gasteiger charge is 2.45. The molecule has 0 bridgehead atoms. The van der Waals surface area contributed by atoms with Crippen LogP contribution in [0.15, 0.2) is 0 Å². The van der Waals surface area contributed by atoms with E-state index in [-0.39, 0.29) is 13.0 Å². The Kier molecular flexibility index (Phi) is 3.88. The topological polar surface area (TPSA) is 77.3 Å². The summed E-state index contributed by atoms with van der Waals surface area (Å²) in [5.41, 5.74) is -2.28. The summed E-state index contributed by atoms with van der Waals surface area (Å²) in [7, 11) is 1.48. The summed E-state index contributed by atoms with van der Waals surface area (Å²) in [5.74, 6) is -1.71. The number of esters is 1. The van der Waals surface area contributed by atoms with Gasteiger partial charge in [-0.15, -0.1) is 5.10 Å². The second kappa shape index (κ2) is 5.34. The molecule has 0 radical (unpaired) electrons. The van der Waals surface area contributed by atoms with Crippen LogP contribution in [0.25, 0.3) is 0 Å². The Morgan fingerprint density at radius 3 is 2.62 bits per heavy atom. The fourth-order valence-corrected chi connectivity index (χ4v) is 2.14. The number of halogens is 3. The first-order valence-electron chi connectivity index (χ1n) is 6.21. The van der Waals surface area contributed by atoms with E-state index >= 15 is 0 Å². The van der Waals surface area contributed by atoms with Gasteiger partial charge in [-0.05, 0) is 13.3 Å². The van der Waals surface area contributed by atoms with Crippen LogP contribution in [-0.2, 0) is 15.7 Å². The maximum Gasteiger partial charge on any atom is 0.435 e. The van der Waals surface area contributed by atoms with Crippen LogP contribution >= 0.6 is 0 Å². The van der Waals surface area contributed by atoms with Gasteiger partial charge < -0.3 is 9.64 Å². The van der Waals surface area contributed by atoms with Crippen molar-refractivity contribution >= 4 is 11.9 Å². The van der Waals surface area contributed by atoms with Gasteiger partial charge in [0.15, 0.2) is 5.69 Å². The number of nitrogens with zero attached hydrogens (tertiary/aromatic N) is 4. The van der Waals surface area contributed by atoms with Crippen molar-refractivity contribution in [1.29, 1.82) is 0 Å². The first kappa shape index (κ1) is 15.3. The Hall–Kier alpha value is -2.13. The lowest BCUT2D eigenvalue weighted by molar-refractivity contribution is -0.146. The Bertz CT molecular complexity index is 570. The second-order valence-electron chi connectivity index (χ2n) is 4.51. The third-order valence-corrected chi connectivity index (χ3v) is 3.13. The van der Waals surface area contributed by atoms with Gasteiger partial charge in [-0.3, -0.25) is 4.79 Å². The lowest BCUT2D eigenvalue weighted by atomic mass is 10.2. The lowest BCUT2D eigenvalue weighted by Gasteiger charge is -2.15. The minimum atomic E-state index is -4.87. The number of ether oxygens (including phenoxy) is 1. The monoisotopic (exact) mass is 306 g/mol. The molecule has 1 aliphatic heterocycles. The molecule has 1 aliphatic rings. The van der Waals surface area contributed by atoms with E-state index in [9.17, 15) is 22.8 Å². The molecule has 10 heteroatoms. The Morgan fingerprint density at radius 1 is 1.48 bits per heavy atom. The summed E-state index contributed by atoms with van der Waals surface area (Å²) in [5, 5.41) is 6.60. The van der Waals surface area contributed by atoms with Crippen LogP contribution in [0.1, 0.15) is 35.6 Å². The number of likely N-dealkylation sites (tertiary alicyclic amines) is 1. The SMILES string of the molecule is CCOC(=O)c1nnn(C2CCN(C)C2=O)c1C(F)(F)F. The van der Waals surface area contributed by atoms with Crippen LogP contribution in [0.2, 0.25) is 0 Å². The van der Waals surface area contributed by atoms with Crippen LogP contribution in [0.3, 0.4) is 0 Å². The van der Waals surface area contributed by atoms with E-state index in [1.165, 1.54) is 18.9 Å². The fraction of sp³-hybridized carbons (Fsp3) is 0.636. The number of alkyl halides is 3. The fourth-order valence-electron chi connectivity index (χ4n) is 2.14. The third kappa shape index (κ3) is 2.69. The van der Waals surface area contributed by atoms with Crippen molar-refractivity contribution in [2.45, 2.75) is 25.6 Å². The Labute approximate surface area is 117 Å². The van der Waals surface area contributed by atoms with Gasteiger partial charge in [0.1, 0.15) is 6.04 Å². The molecule has 1 unspecified atom stereocenters. The summed E-state index contributed by atoms with van der Waals surface area (Å²) in [6.45, 7) is 1.69. The predicted molar refractivity (Wildman–Crippen MR) is 62.3 cm³/mol. The van der Waals surface area contributed by atoms with E-state index in [0.717, 1.165) is 0 Å². The highest BCUT2D eigenvalue weighted by Crippen LogP contribution is 2.35. The summed E-state index contributed by atoms with van der Waals surface area (Å²) in [4.78, 5) is 24.7. The van der Waals surface area contributed by atoms with Crippen molar-refractivity contribution in [3.8, 4) is 0 Å². The van der Waals surface area contributed by atoms with E-state index in [1.54, 1.807) is 0 Å². The van der Waals surface area contributed by atoms with E-state index in [2.05, 4.69) is 15.0 Å². The summed E-state index contributed by atoms with van der Waals surface area (Å²) >= 11 is 0. The highest BCUT2D eigenvalue weighted by molar-refractivity contribution is 5.89. The molecule has 1 fully saturated rings. The normalized spacial score (nSPS) is 19.2. The quantitative estimate of drug-likeness (QED) is 0.775. The maximum atomic E-state index is 13.2. The van der Waals surface area contributed by atoms with Crippen LogP contribution in [0.4, 0.5) is 13.2 Å². The molecule has 2 heterocycles. The summed E-state index contributed by atoms with van der Waals surface area (Å²) in [6, 6.07) is -1.11. The van der Waals surface area contributed by atoms with Crippen LogP contribution in [0, 0.1) is 0 Å². The smallest absolute Gasteiger partial charge is 0.435 e. The van der Waals surface area contributed by atoms with Crippen LogP contribution in [-0.4, -0.2) is 52.0 Å². The number of hydrogen-bond donors (Lipinski definition) is 0. The molecule has 116 valence electrons. The number of carbonyl (C=O) groups is 2. The van der Waals surface area contributed by atoms with Crippen molar-refractivity contribution in [3.63, 3.8) is 0 Å².